The lowest BCUT2D eigenvalue weighted by molar-refractivity contribution is -0.138. The number of anilines is 1. The molecule has 100 valence electrons. The molecule has 5 heteroatoms. The summed E-state index contributed by atoms with van der Waals surface area (Å²) in [5.74, 6) is -0.550. The van der Waals surface area contributed by atoms with Gasteiger partial charge in [-0.3, -0.25) is 4.79 Å². The van der Waals surface area contributed by atoms with Crippen LogP contribution in [0.2, 0.25) is 0 Å². The summed E-state index contributed by atoms with van der Waals surface area (Å²) in [6.45, 7) is 1.59. The number of benzene rings is 1. The lowest BCUT2D eigenvalue weighted by Gasteiger charge is -2.30. The summed E-state index contributed by atoms with van der Waals surface area (Å²) in [7, 11) is 0. The van der Waals surface area contributed by atoms with E-state index in [1.54, 1.807) is 0 Å². The molecule has 1 aliphatic rings. The Bertz CT molecular complexity index is 560. The van der Waals surface area contributed by atoms with Crippen molar-refractivity contribution in [2.45, 2.75) is 19.3 Å². The maximum atomic E-state index is 10.8. The number of fused-ring (bicyclic) bond motifs is 1. The normalized spacial score (nSPS) is 19.8. The first-order chi connectivity index (χ1) is 9.22. The summed E-state index contributed by atoms with van der Waals surface area (Å²) in [6.07, 6.45) is 2.16. The first-order valence-electron chi connectivity index (χ1n) is 6.54. The van der Waals surface area contributed by atoms with Gasteiger partial charge in [-0.1, -0.05) is 12.1 Å². The molecular formula is C14H16N2O3. The third-order valence-electron chi connectivity index (χ3n) is 3.54. The number of piperidine rings is 1. The van der Waals surface area contributed by atoms with Gasteiger partial charge in [-0.05, 0) is 30.9 Å². The maximum absolute atomic E-state index is 10.8. The van der Waals surface area contributed by atoms with Gasteiger partial charge in [0.1, 0.15) is 5.52 Å². The number of nitrogens with zero attached hydrogens (tertiary/aromatic N) is 2. The zero-order valence-electron chi connectivity index (χ0n) is 10.6. The summed E-state index contributed by atoms with van der Waals surface area (Å²) in [4.78, 5) is 17.3. The standard InChI is InChI=1S/C14H16N2O3/c17-13(18)8-10-4-3-7-16(9-10)14-15-11-5-1-2-6-12(11)19-14/h1-2,5-6,10H,3-4,7-9H2,(H,17,18)/t10-/m0/s1. The van der Waals surface area contributed by atoms with E-state index in [0.29, 0.717) is 12.6 Å². The van der Waals surface area contributed by atoms with Crippen LogP contribution in [0.15, 0.2) is 28.7 Å². The molecule has 1 N–H and O–H groups in total. The minimum atomic E-state index is -0.732. The maximum Gasteiger partial charge on any atom is 0.303 e. The highest BCUT2D eigenvalue weighted by molar-refractivity contribution is 5.74. The van der Waals surface area contributed by atoms with Crippen molar-refractivity contribution in [1.29, 1.82) is 0 Å². The Morgan fingerprint density at radius 3 is 3.11 bits per heavy atom. The topological polar surface area (TPSA) is 66.6 Å². The summed E-state index contributed by atoms with van der Waals surface area (Å²) in [6, 6.07) is 8.26. The molecule has 19 heavy (non-hydrogen) atoms. The fraction of sp³-hybridized carbons (Fsp3) is 0.429. The molecule has 1 fully saturated rings. The van der Waals surface area contributed by atoms with Gasteiger partial charge in [0, 0.05) is 19.5 Å². The average molecular weight is 260 g/mol. The van der Waals surface area contributed by atoms with Gasteiger partial charge in [-0.15, -0.1) is 0 Å². The minimum Gasteiger partial charge on any atom is -0.481 e. The van der Waals surface area contributed by atoms with Crippen LogP contribution in [-0.2, 0) is 4.79 Å². The number of aromatic nitrogens is 1. The molecule has 1 saturated heterocycles. The Morgan fingerprint density at radius 1 is 1.47 bits per heavy atom. The van der Waals surface area contributed by atoms with Crippen LogP contribution in [0.25, 0.3) is 11.1 Å². The molecule has 1 atom stereocenters. The summed E-state index contributed by atoms with van der Waals surface area (Å²) in [5.41, 5.74) is 1.62. The van der Waals surface area contributed by atoms with E-state index in [1.165, 1.54) is 0 Å². The SMILES string of the molecule is O=C(O)C[C@@H]1CCCN(c2nc3ccccc3o2)C1. The molecule has 2 aromatic rings. The molecule has 1 aromatic carbocycles. The van der Waals surface area contributed by atoms with Crippen molar-refractivity contribution < 1.29 is 14.3 Å². The fourth-order valence-electron chi connectivity index (χ4n) is 2.65. The highest BCUT2D eigenvalue weighted by atomic mass is 16.4. The van der Waals surface area contributed by atoms with Crippen molar-refractivity contribution in [3.05, 3.63) is 24.3 Å². The van der Waals surface area contributed by atoms with Gasteiger partial charge in [0.05, 0.1) is 0 Å². The number of carbonyl (C=O) groups is 1. The van der Waals surface area contributed by atoms with E-state index in [-0.39, 0.29) is 12.3 Å². The molecule has 0 bridgehead atoms. The zero-order chi connectivity index (χ0) is 13.2. The van der Waals surface area contributed by atoms with Crippen LogP contribution in [0.4, 0.5) is 6.01 Å². The highest BCUT2D eigenvalue weighted by Gasteiger charge is 2.24. The molecule has 1 aromatic heterocycles. The van der Waals surface area contributed by atoms with E-state index in [4.69, 9.17) is 9.52 Å². The Labute approximate surface area is 110 Å². The minimum absolute atomic E-state index is 0.182. The molecule has 1 aliphatic heterocycles. The largest absolute Gasteiger partial charge is 0.481 e. The number of oxazole rings is 1. The number of carboxylic acids is 1. The van der Waals surface area contributed by atoms with E-state index < -0.39 is 5.97 Å². The van der Waals surface area contributed by atoms with Crippen molar-refractivity contribution in [3.8, 4) is 0 Å². The lowest BCUT2D eigenvalue weighted by atomic mass is 9.95. The quantitative estimate of drug-likeness (QED) is 0.918. The van der Waals surface area contributed by atoms with Crippen LogP contribution in [0.5, 0.6) is 0 Å². The van der Waals surface area contributed by atoms with Crippen LogP contribution >= 0.6 is 0 Å². The van der Waals surface area contributed by atoms with Crippen molar-refractivity contribution >= 4 is 23.1 Å². The molecular weight excluding hydrogens is 244 g/mol. The van der Waals surface area contributed by atoms with E-state index in [0.717, 1.165) is 30.5 Å². The van der Waals surface area contributed by atoms with Crippen LogP contribution in [0, 0.1) is 5.92 Å². The lowest BCUT2D eigenvalue weighted by Crippen LogP contribution is -2.36. The second-order valence-corrected chi connectivity index (χ2v) is 5.02. The number of hydrogen-bond donors (Lipinski definition) is 1. The average Bonchev–Trinajstić information content (AvgIpc) is 2.82. The van der Waals surface area contributed by atoms with Crippen LogP contribution < -0.4 is 4.90 Å². The third-order valence-corrected chi connectivity index (χ3v) is 3.54. The third kappa shape index (κ3) is 2.54. The number of para-hydroxylation sites is 2. The molecule has 3 rings (SSSR count). The Morgan fingerprint density at radius 2 is 2.32 bits per heavy atom. The van der Waals surface area contributed by atoms with Gasteiger partial charge in [-0.25, -0.2) is 0 Å². The van der Waals surface area contributed by atoms with E-state index in [1.807, 2.05) is 24.3 Å². The molecule has 0 radical (unpaired) electrons. The fourth-order valence-corrected chi connectivity index (χ4v) is 2.65. The Balaban J connectivity index is 1.79. The van der Waals surface area contributed by atoms with Gasteiger partial charge >= 0.3 is 5.97 Å². The molecule has 0 saturated carbocycles. The highest BCUT2D eigenvalue weighted by Crippen LogP contribution is 2.27. The predicted molar refractivity (Wildman–Crippen MR) is 71.2 cm³/mol. The van der Waals surface area contributed by atoms with Gasteiger partial charge in [0.2, 0.25) is 0 Å². The predicted octanol–water partition coefficient (Wildman–Crippen LogP) is 2.52. The van der Waals surface area contributed by atoms with Crippen molar-refractivity contribution in [1.82, 2.24) is 4.98 Å². The van der Waals surface area contributed by atoms with E-state index >= 15 is 0 Å². The zero-order valence-corrected chi connectivity index (χ0v) is 10.6. The van der Waals surface area contributed by atoms with Gasteiger partial charge in [0.15, 0.2) is 5.58 Å². The molecule has 0 spiro atoms. The van der Waals surface area contributed by atoms with Crippen molar-refractivity contribution in [2.75, 3.05) is 18.0 Å². The summed E-state index contributed by atoms with van der Waals surface area (Å²) in [5, 5.41) is 8.88. The first kappa shape index (κ1) is 12.0. The van der Waals surface area contributed by atoms with Gasteiger partial charge in [0.25, 0.3) is 6.01 Å². The number of carboxylic acid groups (broad SMARTS) is 1. The number of hydrogen-bond acceptors (Lipinski definition) is 4. The smallest absolute Gasteiger partial charge is 0.303 e. The molecule has 0 amide bonds. The second kappa shape index (κ2) is 4.91. The molecule has 5 nitrogen and oxygen atoms in total. The molecule has 2 heterocycles. The van der Waals surface area contributed by atoms with Gasteiger partial charge < -0.3 is 14.4 Å². The number of aliphatic carboxylic acids is 1. The van der Waals surface area contributed by atoms with Crippen molar-refractivity contribution in [2.24, 2.45) is 5.92 Å². The Hall–Kier alpha value is -2.04. The van der Waals surface area contributed by atoms with E-state index in [9.17, 15) is 4.79 Å². The monoisotopic (exact) mass is 260 g/mol. The van der Waals surface area contributed by atoms with Gasteiger partial charge in [-0.2, -0.15) is 4.98 Å². The van der Waals surface area contributed by atoms with Crippen LogP contribution in [0.1, 0.15) is 19.3 Å². The summed E-state index contributed by atoms with van der Waals surface area (Å²) < 4.78 is 5.73. The molecule has 0 aliphatic carbocycles. The van der Waals surface area contributed by atoms with Crippen LogP contribution in [0.3, 0.4) is 0 Å². The van der Waals surface area contributed by atoms with Crippen LogP contribution in [-0.4, -0.2) is 29.1 Å². The summed E-state index contributed by atoms with van der Waals surface area (Å²) >= 11 is 0. The second-order valence-electron chi connectivity index (χ2n) is 5.02. The molecule has 0 unspecified atom stereocenters. The van der Waals surface area contributed by atoms with E-state index in [2.05, 4.69) is 9.88 Å². The first-order valence-corrected chi connectivity index (χ1v) is 6.54. The van der Waals surface area contributed by atoms with Crippen molar-refractivity contribution in [3.63, 3.8) is 0 Å². The Kier molecular flexibility index (Phi) is 3.11. The number of rotatable bonds is 3.